The number of fused-ring (bicyclic) bond motifs is 1. The first-order chi connectivity index (χ1) is 13.9. The van der Waals surface area contributed by atoms with Gasteiger partial charge >= 0.3 is 0 Å². The number of halogens is 2. The van der Waals surface area contributed by atoms with Gasteiger partial charge in [-0.15, -0.1) is 3.89 Å². The lowest BCUT2D eigenvalue weighted by molar-refractivity contribution is 0.0940. The van der Waals surface area contributed by atoms with Gasteiger partial charge in [-0.3, -0.25) is 10.2 Å². The van der Waals surface area contributed by atoms with Gasteiger partial charge in [-0.25, -0.2) is 18.3 Å². The largest absolute Gasteiger partial charge is 0.387 e. The lowest BCUT2D eigenvalue weighted by Crippen LogP contribution is -2.31. The van der Waals surface area contributed by atoms with Crippen molar-refractivity contribution in [3.8, 4) is 0 Å². The number of rotatable bonds is 7. The summed E-state index contributed by atoms with van der Waals surface area (Å²) in [5, 5.41) is 14.1. The summed E-state index contributed by atoms with van der Waals surface area (Å²) in [7, 11) is 1.62. The fourth-order valence-corrected chi connectivity index (χ4v) is 3.13. The van der Waals surface area contributed by atoms with Crippen molar-refractivity contribution in [1.29, 1.82) is 5.41 Å². The van der Waals surface area contributed by atoms with E-state index in [-0.39, 0.29) is 46.5 Å². The molecule has 0 bridgehead atoms. The van der Waals surface area contributed by atoms with Gasteiger partial charge in [-0.1, -0.05) is 6.92 Å². The van der Waals surface area contributed by atoms with Gasteiger partial charge in [0.15, 0.2) is 18.0 Å². The van der Waals surface area contributed by atoms with Crippen LogP contribution in [0.25, 0.3) is 11.2 Å². The first kappa shape index (κ1) is 20.7. The summed E-state index contributed by atoms with van der Waals surface area (Å²) in [6.07, 6.45) is 3.40. The number of amides is 1. The molecule has 2 aromatic heterocycles. The quantitative estimate of drug-likeness (QED) is 0.505. The lowest BCUT2D eigenvalue weighted by atomic mass is 10.1. The number of hydrogen-bond donors (Lipinski definition) is 3. The van der Waals surface area contributed by atoms with Crippen LogP contribution in [0.5, 0.6) is 0 Å². The number of carbonyl (C=O) groups is 1. The van der Waals surface area contributed by atoms with E-state index in [1.54, 1.807) is 7.05 Å². The molecule has 0 saturated carbocycles. The summed E-state index contributed by atoms with van der Waals surface area (Å²) in [6.45, 7) is 3.80. The summed E-state index contributed by atoms with van der Waals surface area (Å²) in [5.41, 5.74) is 1.55. The van der Waals surface area contributed by atoms with E-state index in [2.05, 4.69) is 20.6 Å². The minimum Gasteiger partial charge on any atom is -0.387 e. The Morgan fingerprint density at radius 1 is 1.38 bits per heavy atom. The normalized spacial score (nSPS) is 12.0. The first-order valence-electron chi connectivity index (χ1n) is 8.94. The molecule has 29 heavy (non-hydrogen) atoms. The molecule has 0 spiro atoms. The molecule has 10 heteroatoms. The molecule has 2 heterocycles. The summed E-state index contributed by atoms with van der Waals surface area (Å²) in [4.78, 5) is 21.2. The van der Waals surface area contributed by atoms with Crippen LogP contribution in [-0.4, -0.2) is 38.6 Å². The molecule has 3 N–H and O–H groups in total. The second-order valence-corrected chi connectivity index (χ2v) is 6.99. The van der Waals surface area contributed by atoms with Crippen LogP contribution in [0, 0.1) is 11.2 Å². The van der Waals surface area contributed by atoms with Crippen molar-refractivity contribution >= 4 is 40.8 Å². The molecule has 0 aliphatic rings. The molecule has 1 amide bonds. The molecule has 0 radical (unpaired) electrons. The molecule has 7 nitrogen and oxygen atoms in total. The highest BCUT2D eigenvalue weighted by atomic mass is 32.2. The summed E-state index contributed by atoms with van der Waals surface area (Å²) >= 11 is -0.0917. The van der Waals surface area contributed by atoms with Crippen LogP contribution < -0.4 is 10.6 Å². The maximum absolute atomic E-state index is 13.5. The highest BCUT2D eigenvalue weighted by Gasteiger charge is 2.21. The summed E-state index contributed by atoms with van der Waals surface area (Å²) in [5.74, 6) is -0.832. The fraction of sp³-hybridized carbons (Fsp3) is 0.263. The third kappa shape index (κ3) is 4.07. The number of anilines is 1. The minimum atomic E-state index is -0.437. The Hall–Kier alpha value is -3.01. The highest BCUT2D eigenvalue weighted by molar-refractivity contribution is 7.92. The molecule has 152 valence electrons. The van der Waals surface area contributed by atoms with Gasteiger partial charge in [-0.05, 0) is 31.5 Å². The van der Waals surface area contributed by atoms with Gasteiger partial charge in [0, 0.05) is 30.5 Å². The summed E-state index contributed by atoms with van der Waals surface area (Å²) in [6, 6.07) is 3.93. The number of nitrogens with one attached hydrogen (secondary N) is 3. The van der Waals surface area contributed by atoms with Crippen molar-refractivity contribution in [2.75, 3.05) is 12.4 Å². The van der Waals surface area contributed by atoms with Crippen LogP contribution in [0.1, 0.15) is 41.9 Å². The van der Waals surface area contributed by atoms with Crippen LogP contribution in [0.4, 0.5) is 14.0 Å². The van der Waals surface area contributed by atoms with Gasteiger partial charge in [-0.2, -0.15) is 0 Å². The van der Waals surface area contributed by atoms with Crippen molar-refractivity contribution in [3.63, 3.8) is 0 Å². The van der Waals surface area contributed by atoms with E-state index in [1.807, 2.05) is 13.8 Å². The maximum atomic E-state index is 13.5. The van der Waals surface area contributed by atoms with Crippen LogP contribution in [0.3, 0.4) is 0 Å². The van der Waals surface area contributed by atoms with Crippen molar-refractivity contribution in [2.24, 2.45) is 0 Å². The van der Waals surface area contributed by atoms with Crippen molar-refractivity contribution < 1.29 is 13.1 Å². The molecule has 3 aromatic rings. The van der Waals surface area contributed by atoms with E-state index in [0.29, 0.717) is 11.3 Å². The van der Waals surface area contributed by atoms with E-state index in [1.165, 1.54) is 30.6 Å². The number of hydrogen-bond acceptors (Lipinski definition) is 6. The third-order valence-electron chi connectivity index (χ3n) is 4.55. The maximum Gasteiger partial charge on any atom is 0.255 e. The Morgan fingerprint density at radius 2 is 2.14 bits per heavy atom. The zero-order valence-electron chi connectivity index (χ0n) is 16.1. The van der Waals surface area contributed by atoms with Crippen LogP contribution >= 0.6 is 12.3 Å². The molecule has 0 aliphatic carbocycles. The second kappa shape index (κ2) is 8.56. The Labute approximate surface area is 170 Å². The molecule has 3 rings (SSSR count). The van der Waals surface area contributed by atoms with Crippen molar-refractivity contribution in [3.05, 3.63) is 53.2 Å². The first-order valence-corrected chi connectivity index (χ1v) is 9.61. The average Bonchev–Trinajstić information content (AvgIpc) is 3.11. The van der Waals surface area contributed by atoms with E-state index >= 15 is 0 Å². The van der Waals surface area contributed by atoms with E-state index in [9.17, 15) is 13.1 Å². The topological polar surface area (TPSA) is 95.7 Å². The van der Waals surface area contributed by atoms with E-state index < -0.39 is 11.7 Å². The number of nitrogens with zero attached hydrogens (tertiary/aromatic N) is 3. The van der Waals surface area contributed by atoms with Gasteiger partial charge in [0.25, 0.3) is 5.91 Å². The Morgan fingerprint density at radius 3 is 2.79 bits per heavy atom. The molecule has 0 aliphatic heterocycles. The Bertz CT molecular complexity index is 1080. The number of aromatic nitrogens is 3. The standard InChI is InChI=1S/C19H20F2N6OS/c1-4-10(2)25-19(28)13-9-27(29-21)18-17(13)26-15(8-24-18)16(22)12-6-5-11(20)7-14(12)23-3/h5-10,22-23H,4H2,1-3H3,(H,25,28). The van der Waals surface area contributed by atoms with Gasteiger partial charge < -0.3 is 10.6 Å². The number of benzene rings is 1. The predicted octanol–water partition coefficient (Wildman–Crippen LogP) is 3.94. The molecule has 1 aromatic carbocycles. The zero-order chi connectivity index (χ0) is 21.1. The molecule has 0 saturated heterocycles. The van der Waals surface area contributed by atoms with Gasteiger partial charge in [0.1, 0.15) is 17.0 Å². The third-order valence-corrected chi connectivity index (χ3v) is 4.98. The van der Waals surface area contributed by atoms with Gasteiger partial charge in [0.2, 0.25) is 0 Å². The fourth-order valence-electron chi connectivity index (χ4n) is 2.79. The summed E-state index contributed by atoms with van der Waals surface area (Å²) < 4.78 is 27.9. The predicted molar refractivity (Wildman–Crippen MR) is 111 cm³/mol. The lowest BCUT2D eigenvalue weighted by Gasteiger charge is -2.11. The second-order valence-electron chi connectivity index (χ2n) is 6.46. The van der Waals surface area contributed by atoms with Crippen LogP contribution in [-0.2, 0) is 0 Å². The van der Waals surface area contributed by atoms with Crippen molar-refractivity contribution in [2.45, 2.75) is 26.3 Å². The molecular weight excluding hydrogens is 398 g/mol. The van der Waals surface area contributed by atoms with E-state index in [4.69, 9.17) is 5.41 Å². The molecular formula is C19H20F2N6OS. The molecule has 1 unspecified atom stereocenters. The number of carbonyl (C=O) groups excluding carboxylic acids is 1. The van der Waals surface area contributed by atoms with Crippen LogP contribution in [0.15, 0.2) is 30.6 Å². The monoisotopic (exact) mass is 418 g/mol. The Balaban J connectivity index is 2.08. The Kier molecular flexibility index (Phi) is 6.12. The molecule has 1 atom stereocenters. The smallest absolute Gasteiger partial charge is 0.255 e. The average molecular weight is 418 g/mol. The SMILES string of the molecule is CCC(C)NC(=O)c1cn(SF)c2ncc(C(=N)c3ccc(F)cc3NC)nc12. The van der Waals surface area contributed by atoms with Crippen molar-refractivity contribution in [1.82, 2.24) is 19.3 Å². The van der Waals surface area contributed by atoms with Gasteiger partial charge in [0.05, 0.1) is 17.5 Å². The minimum absolute atomic E-state index is 0.00214. The highest BCUT2D eigenvalue weighted by Crippen LogP contribution is 2.25. The zero-order valence-corrected chi connectivity index (χ0v) is 16.9. The molecule has 0 fully saturated rings. The van der Waals surface area contributed by atoms with Crippen LogP contribution in [0.2, 0.25) is 0 Å². The van der Waals surface area contributed by atoms with E-state index in [0.717, 1.165) is 10.4 Å².